The first-order valence-corrected chi connectivity index (χ1v) is 15.0. The Bertz CT molecular complexity index is 2020. The number of aryl methyl sites for hydroxylation is 2. The minimum atomic E-state index is -0.254. The zero-order valence-corrected chi connectivity index (χ0v) is 26.1. The number of ketones is 1. The minimum absolute atomic E-state index is 0.123. The molecule has 0 saturated heterocycles. The van der Waals surface area contributed by atoms with Crippen molar-refractivity contribution in [1.82, 2.24) is 5.16 Å². The highest BCUT2D eigenvalue weighted by molar-refractivity contribution is 6.31. The lowest BCUT2D eigenvalue weighted by atomic mass is 9.93. The van der Waals surface area contributed by atoms with Crippen LogP contribution in [0.4, 0.5) is 0 Å². The molecular weight excluding hydrogens is 607 g/mol. The lowest BCUT2D eigenvalue weighted by Gasteiger charge is -2.10. The average molecular weight is 636 g/mol. The van der Waals surface area contributed by atoms with Crippen LogP contribution in [0.2, 0.25) is 10.0 Å². The number of rotatable bonds is 5. The molecule has 1 aliphatic rings. The van der Waals surface area contributed by atoms with Gasteiger partial charge in [0.05, 0.1) is 30.7 Å². The van der Waals surface area contributed by atoms with E-state index in [9.17, 15) is 9.90 Å². The van der Waals surface area contributed by atoms with E-state index in [1.165, 1.54) is 11.1 Å². The zero-order valence-electron chi connectivity index (χ0n) is 24.6. The van der Waals surface area contributed by atoms with E-state index in [2.05, 4.69) is 23.4 Å². The molecule has 7 rings (SSSR count). The quantitative estimate of drug-likeness (QED) is 0.191. The van der Waals surface area contributed by atoms with Crippen molar-refractivity contribution in [3.05, 3.63) is 158 Å². The Kier molecular flexibility index (Phi) is 8.80. The molecule has 0 saturated carbocycles. The van der Waals surface area contributed by atoms with Gasteiger partial charge in [-0.2, -0.15) is 0 Å². The van der Waals surface area contributed by atoms with Gasteiger partial charge in [-0.25, -0.2) is 0 Å². The molecular formula is C37H28Cl2N2O4. The summed E-state index contributed by atoms with van der Waals surface area (Å²) < 4.78 is 10.8. The molecule has 224 valence electrons. The molecule has 6 aromatic rings. The lowest BCUT2D eigenvalue weighted by Crippen LogP contribution is -2.04. The molecule has 0 unspecified atom stereocenters. The van der Waals surface area contributed by atoms with Gasteiger partial charge in [0.15, 0.2) is 5.78 Å². The summed E-state index contributed by atoms with van der Waals surface area (Å²) in [5.74, 6) is 1.38. The Morgan fingerprint density at radius 3 is 2.09 bits per heavy atom. The normalized spacial score (nSPS) is 11.9. The molecule has 8 heteroatoms. The van der Waals surface area contributed by atoms with Crippen LogP contribution in [0.1, 0.15) is 49.8 Å². The summed E-state index contributed by atoms with van der Waals surface area (Å²) in [4.78, 5) is 17.7. The number of hydrogen-bond acceptors (Lipinski definition) is 6. The number of carbonyl (C=O) groups excluding carboxylic acids is 1. The number of nitrogens with zero attached hydrogens (tertiary/aromatic N) is 2. The molecule has 45 heavy (non-hydrogen) atoms. The van der Waals surface area contributed by atoms with E-state index >= 15 is 0 Å². The molecule has 3 heterocycles. The van der Waals surface area contributed by atoms with Gasteiger partial charge in [0.1, 0.15) is 17.2 Å². The Hall–Kier alpha value is -4.75. The molecule has 0 radical (unpaired) electrons. The van der Waals surface area contributed by atoms with Crippen LogP contribution in [0.25, 0.3) is 22.3 Å². The maximum absolute atomic E-state index is 12.8. The van der Waals surface area contributed by atoms with Crippen molar-refractivity contribution in [1.29, 1.82) is 0 Å². The highest BCUT2D eigenvalue weighted by Crippen LogP contribution is 2.36. The van der Waals surface area contributed by atoms with Crippen LogP contribution in [0.3, 0.4) is 0 Å². The first-order valence-electron chi connectivity index (χ1n) is 14.3. The van der Waals surface area contributed by atoms with Crippen LogP contribution in [0.15, 0.2) is 117 Å². The Morgan fingerprint density at radius 2 is 1.40 bits per heavy atom. The van der Waals surface area contributed by atoms with Crippen molar-refractivity contribution in [2.24, 2.45) is 4.99 Å². The molecule has 0 fully saturated rings. The number of benzene rings is 4. The number of aliphatic hydroxyl groups excluding tert-OH is 1. The summed E-state index contributed by atoms with van der Waals surface area (Å²) in [5, 5.41) is 14.6. The Balaban J connectivity index is 0.000000159. The third-order valence-electron chi connectivity index (χ3n) is 7.66. The maximum atomic E-state index is 12.8. The zero-order chi connectivity index (χ0) is 31.5. The summed E-state index contributed by atoms with van der Waals surface area (Å²) in [7, 11) is 0. The van der Waals surface area contributed by atoms with E-state index in [4.69, 9.17) is 37.1 Å². The number of halogens is 2. The predicted octanol–water partition coefficient (Wildman–Crippen LogP) is 9.29. The summed E-state index contributed by atoms with van der Waals surface area (Å²) in [6.07, 6.45) is 1.82. The molecule has 0 aliphatic carbocycles. The lowest BCUT2D eigenvalue weighted by molar-refractivity contribution is 0.103. The van der Waals surface area contributed by atoms with Crippen molar-refractivity contribution in [2.75, 3.05) is 0 Å². The minimum Gasteiger partial charge on any atom is -0.469 e. The molecule has 6 nitrogen and oxygen atoms in total. The second-order valence-corrected chi connectivity index (χ2v) is 11.4. The van der Waals surface area contributed by atoms with E-state index in [-0.39, 0.29) is 12.4 Å². The maximum Gasteiger partial charge on any atom is 0.193 e. The standard InChI is InChI=1S/C19H14ClNO.C18H14ClNO3/c1-12-18-14(11-22-12)10-21-19(13-6-8-15(20)9-7-13)17-5-3-2-4-16(17)18;1-11-17(16(10-21)20-23-11)14-4-2-3-5-15(14)18(22)12-6-8-13(19)9-7-12/h2-9,11H,10H2,1H3;2-9,21H,10H2,1H3. The van der Waals surface area contributed by atoms with Gasteiger partial charge in [-0.1, -0.05) is 89.0 Å². The van der Waals surface area contributed by atoms with Gasteiger partial charge in [0.2, 0.25) is 0 Å². The second kappa shape index (κ2) is 13.1. The van der Waals surface area contributed by atoms with Gasteiger partial charge in [-0.05, 0) is 61.4 Å². The monoisotopic (exact) mass is 634 g/mol. The van der Waals surface area contributed by atoms with E-state index in [0.29, 0.717) is 45.3 Å². The summed E-state index contributed by atoms with van der Waals surface area (Å²) in [6, 6.07) is 30.1. The van der Waals surface area contributed by atoms with Crippen molar-refractivity contribution < 1.29 is 18.8 Å². The number of carbonyl (C=O) groups is 1. The molecule has 0 amide bonds. The smallest absolute Gasteiger partial charge is 0.193 e. The fourth-order valence-electron chi connectivity index (χ4n) is 5.52. The van der Waals surface area contributed by atoms with Gasteiger partial charge in [0, 0.05) is 43.4 Å². The predicted molar refractivity (Wildman–Crippen MR) is 177 cm³/mol. The molecule has 0 spiro atoms. The molecule has 4 aromatic carbocycles. The Morgan fingerprint density at radius 1 is 0.778 bits per heavy atom. The summed E-state index contributed by atoms with van der Waals surface area (Å²) in [6.45, 7) is 4.13. The van der Waals surface area contributed by atoms with Gasteiger partial charge >= 0.3 is 0 Å². The fraction of sp³-hybridized carbons (Fsp3) is 0.108. The highest BCUT2D eigenvalue weighted by atomic mass is 35.5. The van der Waals surface area contributed by atoms with Crippen molar-refractivity contribution in [3.8, 4) is 22.3 Å². The van der Waals surface area contributed by atoms with Crippen LogP contribution in [0, 0.1) is 13.8 Å². The van der Waals surface area contributed by atoms with Gasteiger partial charge in [-0.3, -0.25) is 9.79 Å². The highest BCUT2D eigenvalue weighted by Gasteiger charge is 2.23. The van der Waals surface area contributed by atoms with E-state index in [1.807, 2.05) is 55.7 Å². The molecule has 0 bridgehead atoms. The van der Waals surface area contributed by atoms with E-state index < -0.39 is 0 Å². The fourth-order valence-corrected chi connectivity index (χ4v) is 5.77. The van der Waals surface area contributed by atoms with Gasteiger partial charge in [0.25, 0.3) is 0 Å². The SMILES string of the molecule is Cc1occ2c1-c1ccccc1C(c1ccc(Cl)cc1)=NC2.Cc1onc(CO)c1-c1ccccc1C(=O)c1ccc(Cl)cc1. The van der Waals surface area contributed by atoms with Crippen molar-refractivity contribution >= 4 is 34.7 Å². The topological polar surface area (TPSA) is 88.8 Å². The second-order valence-electron chi connectivity index (χ2n) is 10.5. The molecule has 0 atom stereocenters. The number of aliphatic hydroxyl groups is 1. The third-order valence-corrected chi connectivity index (χ3v) is 8.16. The average Bonchev–Trinajstić information content (AvgIpc) is 3.58. The number of furan rings is 1. The largest absolute Gasteiger partial charge is 0.469 e. The van der Waals surface area contributed by atoms with E-state index in [1.54, 1.807) is 43.3 Å². The van der Waals surface area contributed by atoms with E-state index in [0.717, 1.165) is 33.2 Å². The van der Waals surface area contributed by atoms with Crippen molar-refractivity contribution in [3.63, 3.8) is 0 Å². The van der Waals surface area contributed by atoms with Crippen LogP contribution >= 0.6 is 23.2 Å². The Labute approximate surface area is 270 Å². The van der Waals surface area contributed by atoms with Crippen LogP contribution < -0.4 is 0 Å². The van der Waals surface area contributed by atoms with Gasteiger partial charge in [-0.15, -0.1) is 0 Å². The molecule has 2 aromatic heterocycles. The number of aromatic nitrogens is 1. The van der Waals surface area contributed by atoms with Gasteiger partial charge < -0.3 is 14.0 Å². The van der Waals surface area contributed by atoms with Crippen molar-refractivity contribution in [2.45, 2.75) is 27.0 Å². The summed E-state index contributed by atoms with van der Waals surface area (Å²) >= 11 is 11.9. The third kappa shape index (κ3) is 6.13. The molecule has 1 aliphatic heterocycles. The number of aliphatic imine (C=N–C) groups is 1. The number of hydrogen-bond donors (Lipinski definition) is 1. The first kappa shape index (κ1) is 30.3. The van der Waals surface area contributed by atoms with Crippen LogP contribution in [-0.4, -0.2) is 21.8 Å². The first-order chi connectivity index (χ1) is 21.9. The summed E-state index contributed by atoms with van der Waals surface area (Å²) in [5.41, 5.74) is 9.52. The van der Waals surface area contributed by atoms with Crippen LogP contribution in [0.5, 0.6) is 0 Å². The molecule has 1 N–H and O–H groups in total. The van der Waals surface area contributed by atoms with Crippen LogP contribution in [-0.2, 0) is 13.2 Å². The number of fused-ring (bicyclic) bond motifs is 3.